The summed E-state index contributed by atoms with van der Waals surface area (Å²) >= 11 is 1.53. The molecule has 0 spiro atoms. The van der Waals surface area contributed by atoms with Crippen LogP contribution in [-0.4, -0.2) is 78.8 Å². The second-order valence-corrected chi connectivity index (χ2v) is 10.4. The number of esters is 1. The van der Waals surface area contributed by atoms with Crippen molar-refractivity contribution in [3.63, 3.8) is 0 Å². The van der Waals surface area contributed by atoms with E-state index < -0.39 is 47.3 Å². The minimum Gasteiger partial charge on any atom is -0.469 e. The second-order valence-electron chi connectivity index (χ2n) is 9.39. The van der Waals surface area contributed by atoms with Crippen molar-refractivity contribution in [1.82, 2.24) is 15.5 Å². The summed E-state index contributed by atoms with van der Waals surface area (Å²) in [5, 5.41) is 8.78. The molecule has 1 aromatic heterocycles. The lowest BCUT2D eigenvalue weighted by Crippen LogP contribution is -2.53. The molecule has 1 fully saturated rings. The molecular formula is C27H34N4O8S. The third-order valence-electron chi connectivity index (χ3n) is 6.56. The van der Waals surface area contributed by atoms with Gasteiger partial charge in [0.25, 0.3) is 0 Å². The summed E-state index contributed by atoms with van der Waals surface area (Å²) in [7, 11) is 1.22. The van der Waals surface area contributed by atoms with E-state index in [9.17, 15) is 28.8 Å². The summed E-state index contributed by atoms with van der Waals surface area (Å²) in [6.45, 7) is 1.83. The van der Waals surface area contributed by atoms with Gasteiger partial charge in [-0.1, -0.05) is 0 Å². The number of rotatable bonds is 12. The van der Waals surface area contributed by atoms with Crippen LogP contribution in [0.15, 0.2) is 33.5 Å². The first-order valence-corrected chi connectivity index (χ1v) is 14.3. The lowest BCUT2D eigenvalue weighted by molar-refractivity contribution is -0.142. The summed E-state index contributed by atoms with van der Waals surface area (Å²) in [6.07, 6.45) is 3.06. The van der Waals surface area contributed by atoms with Gasteiger partial charge in [0, 0.05) is 36.2 Å². The molecule has 3 rings (SSSR count). The highest BCUT2D eigenvalue weighted by Crippen LogP contribution is 2.22. The summed E-state index contributed by atoms with van der Waals surface area (Å²) in [4.78, 5) is 75.4. The van der Waals surface area contributed by atoms with Crippen LogP contribution in [-0.2, 0) is 28.7 Å². The molecule has 0 radical (unpaired) electrons. The number of nitrogens with zero attached hydrogens (tertiary/aromatic N) is 1. The predicted octanol–water partition coefficient (Wildman–Crippen LogP) is 1.34. The van der Waals surface area contributed by atoms with Crippen LogP contribution in [0.1, 0.15) is 37.7 Å². The first-order valence-electron chi connectivity index (χ1n) is 12.9. The maximum absolute atomic E-state index is 13.2. The molecule has 1 aliphatic heterocycles. The Bertz CT molecular complexity index is 1330. The molecule has 13 heteroatoms. The third kappa shape index (κ3) is 8.31. The molecule has 1 saturated heterocycles. The van der Waals surface area contributed by atoms with Gasteiger partial charge >= 0.3 is 11.6 Å². The Morgan fingerprint density at radius 3 is 2.67 bits per heavy atom. The fourth-order valence-electron chi connectivity index (χ4n) is 4.42. The van der Waals surface area contributed by atoms with Crippen molar-refractivity contribution in [3.8, 4) is 0 Å². The van der Waals surface area contributed by atoms with Gasteiger partial charge in [-0.05, 0) is 55.9 Å². The zero-order chi connectivity index (χ0) is 29.2. The standard InChI is InChI=1S/C27H34N4O8S/c1-16-13-25(35)39-21-14-17(6-7-18(16)21)29-26(36)19(10-12-40-3)30-27(37)20-5-4-11-31(20)23(33)15-28-22(32)8-9-24(34)38-2/h6-7,13-14,19-20H,4-5,8-12,15H2,1-3H3,(H,28,32)(H,29,36)(H,30,37). The van der Waals surface area contributed by atoms with Crippen molar-refractivity contribution in [2.75, 3.05) is 37.5 Å². The van der Waals surface area contributed by atoms with Gasteiger partial charge in [0.1, 0.15) is 17.7 Å². The molecule has 3 N–H and O–H groups in total. The Morgan fingerprint density at radius 1 is 1.18 bits per heavy atom. The lowest BCUT2D eigenvalue weighted by Gasteiger charge is -2.26. The minimum absolute atomic E-state index is 0.0991. The summed E-state index contributed by atoms with van der Waals surface area (Å²) in [6, 6.07) is 4.75. The number of nitrogens with one attached hydrogen (secondary N) is 3. The largest absolute Gasteiger partial charge is 0.469 e. The summed E-state index contributed by atoms with van der Waals surface area (Å²) in [5.41, 5.74) is 1.01. The van der Waals surface area contributed by atoms with Crippen LogP contribution in [0.2, 0.25) is 0 Å². The molecule has 2 unspecified atom stereocenters. The third-order valence-corrected chi connectivity index (χ3v) is 7.20. The van der Waals surface area contributed by atoms with Gasteiger partial charge in [0.05, 0.1) is 20.1 Å². The topological polar surface area (TPSA) is 164 Å². The smallest absolute Gasteiger partial charge is 0.336 e. The van der Waals surface area contributed by atoms with E-state index in [0.717, 1.165) is 10.9 Å². The number of anilines is 1. The molecular weight excluding hydrogens is 540 g/mol. The number of aryl methyl sites for hydroxylation is 1. The minimum atomic E-state index is -0.865. The van der Waals surface area contributed by atoms with Gasteiger partial charge < -0.3 is 30.0 Å². The van der Waals surface area contributed by atoms with Crippen molar-refractivity contribution in [1.29, 1.82) is 0 Å². The van der Waals surface area contributed by atoms with Crippen molar-refractivity contribution in [2.24, 2.45) is 0 Å². The molecule has 2 aromatic rings. The van der Waals surface area contributed by atoms with E-state index in [4.69, 9.17) is 4.42 Å². The Balaban J connectivity index is 1.62. The number of methoxy groups -OCH3 is 1. The summed E-state index contributed by atoms with van der Waals surface area (Å²) in [5.74, 6) is -1.72. The zero-order valence-corrected chi connectivity index (χ0v) is 23.6. The quantitative estimate of drug-likeness (QED) is 0.251. The Kier molecular flexibility index (Phi) is 11.1. The van der Waals surface area contributed by atoms with Crippen LogP contribution in [0.4, 0.5) is 5.69 Å². The number of likely N-dealkylation sites (tertiary alicyclic amines) is 1. The van der Waals surface area contributed by atoms with Gasteiger partial charge in [-0.3, -0.25) is 24.0 Å². The van der Waals surface area contributed by atoms with Crippen molar-refractivity contribution < 1.29 is 33.1 Å². The van der Waals surface area contributed by atoms with Gasteiger partial charge in [0.15, 0.2) is 0 Å². The van der Waals surface area contributed by atoms with E-state index in [1.807, 2.05) is 6.26 Å². The molecule has 216 valence electrons. The number of benzene rings is 1. The molecule has 40 heavy (non-hydrogen) atoms. The number of carbonyl (C=O) groups excluding carboxylic acids is 5. The van der Waals surface area contributed by atoms with Gasteiger partial charge in [-0.25, -0.2) is 4.79 Å². The normalized spacial score (nSPS) is 15.4. The number of thioether (sulfide) groups is 1. The molecule has 0 saturated carbocycles. The van der Waals surface area contributed by atoms with Gasteiger partial charge in [-0.2, -0.15) is 11.8 Å². The maximum atomic E-state index is 13.2. The first kappa shape index (κ1) is 30.7. The number of carbonyl (C=O) groups is 5. The van der Waals surface area contributed by atoms with E-state index in [2.05, 4.69) is 20.7 Å². The highest BCUT2D eigenvalue weighted by molar-refractivity contribution is 7.98. The first-order chi connectivity index (χ1) is 19.1. The highest BCUT2D eigenvalue weighted by Gasteiger charge is 2.35. The molecule has 2 atom stereocenters. The van der Waals surface area contributed by atoms with E-state index in [-0.39, 0.29) is 19.4 Å². The van der Waals surface area contributed by atoms with Crippen LogP contribution in [0, 0.1) is 6.92 Å². The van der Waals surface area contributed by atoms with Crippen LogP contribution in [0.5, 0.6) is 0 Å². The van der Waals surface area contributed by atoms with E-state index in [1.54, 1.807) is 25.1 Å². The van der Waals surface area contributed by atoms with E-state index in [1.165, 1.54) is 29.8 Å². The fraction of sp³-hybridized carbons (Fsp3) is 0.481. The van der Waals surface area contributed by atoms with Crippen LogP contribution in [0.3, 0.4) is 0 Å². The Hall–Kier alpha value is -3.87. The molecule has 0 aliphatic carbocycles. The molecule has 12 nitrogen and oxygen atoms in total. The van der Waals surface area contributed by atoms with Gasteiger partial charge in [-0.15, -0.1) is 0 Å². The number of ether oxygens (including phenoxy) is 1. The average Bonchev–Trinajstić information content (AvgIpc) is 3.42. The lowest BCUT2D eigenvalue weighted by atomic mass is 10.1. The second kappa shape index (κ2) is 14.5. The van der Waals surface area contributed by atoms with Crippen LogP contribution >= 0.6 is 11.8 Å². The van der Waals surface area contributed by atoms with Gasteiger partial charge in [0.2, 0.25) is 23.6 Å². The fourth-order valence-corrected chi connectivity index (χ4v) is 4.90. The van der Waals surface area contributed by atoms with E-state index >= 15 is 0 Å². The molecule has 2 heterocycles. The van der Waals surface area contributed by atoms with Crippen LogP contribution < -0.4 is 21.6 Å². The van der Waals surface area contributed by atoms with Crippen molar-refractivity contribution >= 4 is 58.0 Å². The summed E-state index contributed by atoms with van der Waals surface area (Å²) < 4.78 is 9.75. The maximum Gasteiger partial charge on any atom is 0.336 e. The van der Waals surface area contributed by atoms with Crippen LogP contribution in [0.25, 0.3) is 11.0 Å². The molecule has 1 aromatic carbocycles. The highest BCUT2D eigenvalue weighted by atomic mass is 32.2. The monoisotopic (exact) mass is 574 g/mol. The predicted molar refractivity (Wildman–Crippen MR) is 150 cm³/mol. The zero-order valence-electron chi connectivity index (χ0n) is 22.7. The van der Waals surface area contributed by atoms with E-state index in [0.29, 0.717) is 42.8 Å². The molecule has 0 bridgehead atoms. The number of hydrogen-bond donors (Lipinski definition) is 3. The van der Waals surface area contributed by atoms with Crippen molar-refractivity contribution in [3.05, 3.63) is 40.2 Å². The number of amides is 4. The molecule has 4 amide bonds. The molecule has 1 aliphatic rings. The Morgan fingerprint density at radius 2 is 1.95 bits per heavy atom. The number of hydrogen-bond acceptors (Lipinski definition) is 9. The average molecular weight is 575 g/mol. The number of fused-ring (bicyclic) bond motifs is 1. The van der Waals surface area contributed by atoms with Crippen molar-refractivity contribution in [2.45, 2.75) is 51.1 Å². The Labute approximate surface area is 235 Å². The SMILES string of the molecule is COC(=O)CCC(=O)NCC(=O)N1CCCC1C(=O)NC(CCSC)C(=O)Nc1ccc2c(C)cc(=O)oc2c1.